The van der Waals surface area contributed by atoms with Crippen LogP contribution >= 0.6 is 0 Å². The minimum atomic E-state index is 0.0364. The molecule has 2 heteroatoms. The summed E-state index contributed by atoms with van der Waals surface area (Å²) in [5.41, 5.74) is 2.46. The van der Waals surface area contributed by atoms with Gasteiger partial charge in [0.15, 0.2) is 0 Å². The summed E-state index contributed by atoms with van der Waals surface area (Å²) < 4.78 is 6.31. The molecule has 0 aliphatic carbocycles. The average molecular weight is 281 g/mol. The first-order chi connectivity index (χ1) is 10.4. The molecule has 1 heterocycles. The monoisotopic (exact) mass is 281 g/mol. The van der Waals surface area contributed by atoms with Crippen molar-refractivity contribution in [1.82, 2.24) is 5.32 Å². The minimum absolute atomic E-state index is 0.0364. The Balaban J connectivity index is 1.73. The van der Waals surface area contributed by atoms with Crippen molar-refractivity contribution in [3.05, 3.63) is 71.8 Å². The van der Waals surface area contributed by atoms with Crippen molar-refractivity contribution in [2.75, 3.05) is 19.7 Å². The molecule has 1 N–H and O–H groups in total. The Kier molecular flexibility index (Phi) is 5.03. The second-order valence-corrected chi connectivity index (χ2v) is 5.75. The first kappa shape index (κ1) is 14.3. The maximum absolute atomic E-state index is 6.31. The quantitative estimate of drug-likeness (QED) is 0.900. The first-order valence-corrected chi connectivity index (χ1v) is 7.85. The van der Waals surface area contributed by atoms with E-state index < -0.39 is 0 Å². The van der Waals surface area contributed by atoms with Gasteiger partial charge in [0, 0.05) is 6.54 Å². The zero-order valence-corrected chi connectivity index (χ0v) is 12.4. The normalized spacial score (nSPS) is 18.8. The Hall–Kier alpha value is -1.64. The molecule has 1 saturated heterocycles. The molecule has 0 aromatic heterocycles. The highest BCUT2D eigenvalue weighted by Gasteiger charge is 2.18. The van der Waals surface area contributed by atoms with Crippen molar-refractivity contribution in [2.24, 2.45) is 5.92 Å². The second kappa shape index (κ2) is 7.39. The molecule has 0 bridgehead atoms. The van der Waals surface area contributed by atoms with E-state index in [1.165, 1.54) is 24.0 Å². The molecule has 0 saturated carbocycles. The van der Waals surface area contributed by atoms with Crippen molar-refractivity contribution in [1.29, 1.82) is 0 Å². The van der Waals surface area contributed by atoms with E-state index in [0.717, 1.165) is 19.7 Å². The fourth-order valence-corrected chi connectivity index (χ4v) is 2.94. The van der Waals surface area contributed by atoms with Crippen molar-refractivity contribution in [3.63, 3.8) is 0 Å². The van der Waals surface area contributed by atoms with E-state index in [-0.39, 0.29) is 6.10 Å². The number of piperidine rings is 1. The van der Waals surface area contributed by atoms with E-state index in [2.05, 4.69) is 66.0 Å². The lowest BCUT2D eigenvalue weighted by Gasteiger charge is -2.26. The predicted molar refractivity (Wildman–Crippen MR) is 86.3 cm³/mol. The third-order valence-corrected chi connectivity index (χ3v) is 4.10. The largest absolute Gasteiger partial charge is 0.368 e. The molecule has 21 heavy (non-hydrogen) atoms. The summed E-state index contributed by atoms with van der Waals surface area (Å²) in [6.45, 7) is 3.05. The topological polar surface area (TPSA) is 21.3 Å². The molecular formula is C19H23NO. The Morgan fingerprint density at radius 3 is 2.10 bits per heavy atom. The summed E-state index contributed by atoms with van der Waals surface area (Å²) in [5, 5.41) is 3.46. The van der Waals surface area contributed by atoms with E-state index >= 15 is 0 Å². The molecule has 2 nitrogen and oxygen atoms in total. The molecule has 1 aliphatic heterocycles. The van der Waals surface area contributed by atoms with Crippen LogP contribution in [-0.2, 0) is 4.74 Å². The van der Waals surface area contributed by atoms with Crippen LogP contribution in [0.15, 0.2) is 60.7 Å². The van der Waals surface area contributed by atoms with E-state index in [9.17, 15) is 0 Å². The molecule has 110 valence electrons. The highest BCUT2D eigenvalue weighted by molar-refractivity contribution is 5.29. The van der Waals surface area contributed by atoms with Gasteiger partial charge in [-0.15, -0.1) is 0 Å². The van der Waals surface area contributed by atoms with Gasteiger partial charge in [0.1, 0.15) is 6.10 Å². The lowest BCUT2D eigenvalue weighted by atomic mass is 9.99. The molecule has 2 aromatic rings. The maximum atomic E-state index is 6.31. The summed E-state index contributed by atoms with van der Waals surface area (Å²) in [7, 11) is 0. The smallest absolute Gasteiger partial charge is 0.108 e. The number of hydrogen-bond acceptors (Lipinski definition) is 2. The molecule has 3 rings (SSSR count). The van der Waals surface area contributed by atoms with Crippen LogP contribution in [-0.4, -0.2) is 19.7 Å². The Labute approximate surface area is 127 Å². The Bertz CT molecular complexity index is 480. The molecule has 0 amide bonds. The Morgan fingerprint density at radius 1 is 0.952 bits per heavy atom. The van der Waals surface area contributed by atoms with Crippen LogP contribution in [0.3, 0.4) is 0 Å². The SMILES string of the molecule is c1ccc(C(OC[C@@H]2CCCNC2)c2ccccc2)cc1. The van der Waals surface area contributed by atoms with Crippen molar-refractivity contribution >= 4 is 0 Å². The molecule has 0 unspecified atom stereocenters. The van der Waals surface area contributed by atoms with Gasteiger partial charge in [-0.25, -0.2) is 0 Å². The molecule has 1 aliphatic rings. The zero-order valence-electron chi connectivity index (χ0n) is 12.4. The number of nitrogens with one attached hydrogen (secondary N) is 1. The fourth-order valence-electron chi connectivity index (χ4n) is 2.94. The minimum Gasteiger partial charge on any atom is -0.368 e. The summed E-state index contributed by atoms with van der Waals surface area (Å²) >= 11 is 0. The number of hydrogen-bond donors (Lipinski definition) is 1. The van der Waals surface area contributed by atoms with Gasteiger partial charge in [-0.05, 0) is 36.4 Å². The second-order valence-electron chi connectivity index (χ2n) is 5.75. The summed E-state index contributed by atoms with van der Waals surface area (Å²) in [4.78, 5) is 0. The molecule has 0 spiro atoms. The van der Waals surface area contributed by atoms with Crippen molar-refractivity contribution < 1.29 is 4.74 Å². The molecule has 1 atom stereocenters. The predicted octanol–water partition coefficient (Wildman–Crippen LogP) is 3.79. The lowest BCUT2D eigenvalue weighted by Crippen LogP contribution is -2.32. The van der Waals surface area contributed by atoms with E-state index in [4.69, 9.17) is 4.74 Å². The van der Waals surface area contributed by atoms with E-state index in [1.807, 2.05) is 0 Å². The summed E-state index contributed by atoms with van der Waals surface area (Å²) in [6.07, 6.45) is 2.56. The van der Waals surface area contributed by atoms with Gasteiger partial charge in [0.25, 0.3) is 0 Å². The number of ether oxygens (including phenoxy) is 1. The number of benzene rings is 2. The van der Waals surface area contributed by atoms with E-state index in [0.29, 0.717) is 5.92 Å². The van der Waals surface area contributed by atoms with Gasteiger partial charge >= 0.3 is 0 Å². The first-order valence-electron chi connectivity index (χ1n) is 7.85. The van der Waals surface area contributed by atoms with Crippen LogP contribution < -0.4 is 5.32 Å². The molecule has 1 fully saturated rings. The Morgan fingerprint density at radius 2 is 1.57 bits per heavy atom. The molecule has 2 aromatic carbocycles. The maximum Gasteiger partial charge on any atom is 0.108 e. The van der Waals surface area contributed by atoms with Crippen LogP contribution in [0.4, 0.5) is 0 Å². The van der Waals surface area contributed by atoms with Crippen LogP contribution in [0.25, 0.3) is 0 Å². The third kappa shape index (κ3) is 3.93. The van der Waals surface area contributed by atoms with Crippen LogP contribution in [0.1, 0.15) is 30.1 Å². The molecule has 0 radical (unpaired) electrons. The standard InChI is InChI=1S/C19H23NO/c1-3-9-17(10-4-1)19(18-11-5-2-6-12-18)21-15-16-8-7-13-20-14-16/h1-6,9-12,16,19-20H,7-8,13-15H2/t16-/m1/s1. The van der Waals surface area contributed by atoms with Gasteiger partial charge < -0.3 is 10.1 Å². The van der Waals surface area contributed by atoms with Gasteiger partial charge in [-0.2, -0.15) is 0 Å². The number of rotatable bonds is 5. The van der Waals surface area contributed by atoms with Crippen molar-refractivity contribution in [2.45, 2.75) is 18.9 Å². The van der Waals surface area contributed by atoms with Crippen LogP contribution in [0, 0.1) is 5.92 Å². The summed E-state index contributed by atoms with van der Waals surface area (Å²) in [5.74, 6) is 0.633. The van der Waals surface area contributed by atoms with Crippen molar-refractivity contribution in [3.8, 4) is 0 Å². The highest BCUT2D eigenvalue weighted by atomic mass is 16.5. The fraction of sp³-hybridized carbons (Fsp3) is 0.368. The third-order valence-electron chi connectivity index (χ3n) is 4.10. The van der Waals surface area contributed by atoms with Gasteiger partial charge in [0.2, 0.25) is 0 Å². The van der Waals surface area contributed by atoms with Crippen LogP contribution in [0.5, 0.6) is 0 Å². The average Bonchev–Trinajstić information content (AvgIpc) is 2.58. The highest BCUT2D eigenvalue weighted by Crippen LogP contribution is 2.27. The summed E-state index contributed by atoms with van der Waals surface area (Å²) in [6, 6.07) is 21.0. The molecular weight excluding hydrogens is 258 g/mol. The van der Waals surface area contributed by atoms with E-state index in [1.54, 1.807) is 0 Å². The van der Waals surface area contributed by atoms with Gasteiger partial charge in [-0.1, -0.05) is 60.7 Å². The van der Waals surface area contributed by atoms with Gasteiger partial charge in [-0.3, -0.25) is 0 Å². The zero-order chi connectivity index (χ0) is 14.3. The lowest BCUT2D eigenvalue weighted by molar-refractivity contribution is 0.0455. The van der Waals surface area contributed by atoms with Crippen LogP contribution in [0.2, 0.25) is 0 Å². The van der Waals surface area contributed by atoms with Gasteiger partial charge in [0.05, 0.1) is 6.61 Å².